The van der Waals surface area contributed by atoms with Gasteiger partial charge >= 0.3 is 0 Å². The Labute approximate surface area is 104 Å². The molecular formula is C15H22N2. The summed E-state index contributed by atoms with van der Waals surface area (Å²) in [7, 11) is 2.02. The van der Waals surface area contributed by atoms with Gasteiger partial charge in [0.05, 0.1) is 0 Å². The largest absolute Gasteiger partial charge is 0.319 e. The van der Waals surface area contributed by atoms with Crippen molar-refractivity contribution in [1.29, 1.82) is 0 Å². The number of nitrogens with zero attached hydrogens (tertiary/aromatic N) is 1. The van der Waals surface area contributed by atoms with Gasteiger partial charge in [0.2, 0.25) is 0 Å². The average Bonchev–Trinajstić information content (AvgIpc) is 2.39. The normalized spacial score (nSPS) is 16.9. The summed E-state index contributed by atoms with van der Waals surface area (Å²) < 4.78 is 0. The van der Waals surface area contributed by atoms with Crippen molar-refractivity contribution in [3.63, 3.8) is 0 Å². The summed E-state index contributed by atoms with van der Waals surface area (Å²) in [6.07, 6.45) is 4.84. The lowest BCUT2D eigenvalue weighted by molar-refractivity contribution is 0.284. The maximum atomic E-state index is 3.21. The first kappa shape index (κ1) is 12.3. The second-order valence-electron chi connectivity index (χ2n) is 4.69. The molecule has 1 aliphatic heterocycles. The fraction of sp³-hybridized carbons (Fsp3) is 0.467. The molecule has 0 aromatic heterocycles. The van der Waals surface area contributed by atoms with E-state index in [0.717, 1.165) is 19.6 Å². The lowest BCUT2D eigenvalue weighted by atomic mass is 10.0. The van der Waals surface area contributed by atoms with Crippen LogP contribution in [0.4, 0.5) is 0 Å². The Bertz CT molecular complexity index is 356. The van der Waals surface area contributed by atoms with E-state index in [4.69, 9.17) is 0 Å². The first-order chi connectivity index (χ1) is 8.38. The molecular weight excluding hydrogens is 208 g/mol. The Kier molecular flexibility index (Phi) is 4.77. The molecule has 1 aliphatic rings. The Morgan fingerprint density at radius 3 is 2.71 bits per heavy atom. The third-order valence-corrected chi connectivity index (χ3v) is 3.33. The van der Waals surface area contributed by atoms with Crippen molar-refractivity contribution in [3.8, 4) is 0 Å². The van der Waals surface area contributed by atoms with Gasteiger partial charge in [-0.25, -0.2) is 0 Å². The molecule has 0 saturated carbocycles. The van der Waals surface area contributed by atoms with Gasteiger partial charge in [-0.2, -0.15) is 0 Å². The molecule has 0 fully saturated rings. The molecule has 2 heteroatoms. The topological polar surface area (TPSA) is 15.3 Å². The smallest absolute Gasteiger partial charge is 0.0237 e. The Morgan fingerprint density at radius 2 is 2.06 bits per heavy atom. The van der Waals surface area contributed by atoms with Crippen molar-refractivity contribution in [2.45, 2.75) is 19.4 Å². The highest BCUT2D eigenvalue weighted by Gasteiger charge is 2.11. The van der Waals surface area contributed by atoms with Gasteiger partial charge in [0.15, 0.2) is 0 Å². The van der Waals surface area contributed by atoms with E-state index in [9.17, 15) is 0 Å². The first-order valence-electron chi connectivity index (χ1n) is 6.47. The standard InChI is InChI=1S/C15H22N2/c1-16-10-7-14-8-11-17(12-9-14)13-15-5-3-2-4-6-15/h2-6,8,16H,7,9-13H2,1H3. The molecule has 0 bridgehead atoms. The van der Waals surface area contributed by atoms with Gasteiger partial charge in [0, 0.05) is 19.6 Å². The summed E-state index contributed by atoms with van der Waals surface area (Å²) in [4.78, 5) is 2.51. The van der Waals surface area contributed by atoms with E-state index in [1.807, 2.05) is 7.05 Å². The lowest BCUT2D eigenvalue weighted by Gasteiger charge is -2.26. The van der Waals surface area contributed by atoms with Crippen LogP contribution in [0.5, 0.6) is 0 Å². The van der Waals surface area contributed by atoms with Gasteiger partial charge in [0.1, 0.15) is 0 Å². The second-order valence-corrected chi connectivity index (χ2v) is 4.69. The predicted molar refractivity (Wildman–Crippen MR) is 73.0 cm³/mol. The zero-order valence-corrected chi connectivity index (χ0v) is 10.7. The summed E-state index contributed by atoms with van der Waals surface area (Å²) in [5, 5.41) is 3.21. The van der Waals surface area contributed by atoms with Crippen molar-refractivity contribution in [2.24, 2.45) is 0 Å². The van der Waals surface area contributed by atoms with Crippen molar-refractivity contribution >= 4 is 0 Å². The average molecular weight is 230 g/mol. The molecule has 2 rings (SSSR count). The number of rotatable bonds is 5. The van der Waals surface area contributed by atoms with Crippen LogP contribution in [0.3, 0.4) is 0 Å². The van der Waals surface area contributed by atoms with E-state index in [1.54, 1.807) is 5.57 Å². The van der Waals surface area contributed by atoms with Crippen molar-refractivity contribution in [1.82, 2.24) is 10.2 Å². The second kappa shape index (κ2) is 6.58. The molecule has 1 heterocycles. The molecule has 0 aliphatic carbocycles. The quantitative estimate of drug-likeness (QED) is 0.782. The van der Waals surface area contributed by atoms with Gasteiger partial charge in [-0.15, -0.1) is 0 Å². The molecule has 17 heavy (non-hydrogen) atoms. The Hall–Kier alpha value is -1.12. The summed E-state index contributed by atoms with van der Waals surface area (Å²) in [6, 6.07) is 10.7. The minimum absolute atomic E-state index is 1.08. The van der Waals surface area contributed by atoms with E-state index in [2.05, 4.69) is 46.6 Å². The van der Waals surface area contributed by atoms with E-state index in [1.165, 1.54) is 24.9 Å². The zero-order valence-electron chi connectivity index (χ0n) is 10.7. The van der Waals surface area contributed by atoms with Crippen LogP contribution in [0.25, 0.3) is 0 Å². The molecule has 1 N–H and O–H groups in total. The minimum atomic E-state index is 1.08. The van der Waals surface area contributed by atoms with E-state index in [-0.39, 0.29) is 0 Å². The predicted octanol–water partition coefficient (Wildman–Crippen LogP) is 2.43. The molecule has 2 nitrogen and oxygen atoms in total. The maximum absolute atomic E-state index is 3.21. The Morgan fingerprint density at radius 1 is 1.24 bits per heavy atom. The third kappa shape index (κ3) is 3.99. The van der Waals surface area contributed by atoms with Crippen LogP contribution in [0, 0.1) is 0 Å². The first-order valence-corrected chi connectivity index (χ1v) is 6.47. The summed E-state index contributed by atoms with van der Waals surface area (Å²) in [6.45, 7) is 4.49. The van der Waals surface area contributed by atoms with Crippen LogP contribution < -0.4 is 5.32 Å². The molecule has 1 aromatic carbocycles. The SMILES string of the molecule is CNCCC1=CCN(Cc2ccccc2)CC1. The number of nitrogens with one attached hydrogen (secondary N) is 1. The van der Waals surface area contributed by atoms with Gasteiger partial charge in [-0.3, -0.25) is 4.90 Å². The van der Waals surface area contributed by atoms with Crippen LogP contribution in [-0.4, -0.2) is 31.6 Å². The molecule has 0 unspecified atom stereocenters. The van der Waals surface area contributed by atoms with Gasteiger partial charge in [-0.1, -0.05) is 42.0 Å². The number of benzene rings is 1. The van der Waals surface area contributed by atoms with Crippen molar-refractivity contribution in [2.75, 3.05) is 26.7 Å². The molecule has 1 aromatic rings. The fourth-order valence-electron chi connectivity index (χ4n) is 2.25. The maximum Gasteiger partial charge on any atom is 0.0237 e. The van der Waals surface area contributed by atoms with Crippen LogP contribution in [0.2, 0.25) is 0 Å². The highest BCUT2D eigenvalue weighted by molar-refractivity contribution is 5.15. The van der Waals surface area contributed by atoms with Crippen LogP contribution in [-0.2, 0) is 6.54 Å². The molecule has 0 saturated heterocycles. The third-order valence-electron chi connectivity index (χ3n) is 3.33. The van der Waals surface area contributed by atoms with Gasteiger partial charge in [-0.05, 0) is 32.0 Å². The Balaban J connectivity index is 1.81. The molecule has 0 spiro atoms. The lowest BCUT2D eigenvalue weighted by Crippen LogP contribution is -2.28. The van der Waals surface area contributed by atoms with E-state index >= 15 is 0 Å². The van der Waals surface area contributed by atoms with Gasteiger partial charge in [0.25, 0.3) is 0 Å². The summed E-state index contributed by atoms with van der Waals surface area (Å²) >= 11 is 0. The highest BCUT2D eigenvalue weighted by Crippen LogP contribution is 2.15. The molecule has 0 amide bonds. The van der Waals surface area contributed by atoms with Crippen LogP contribution in [0.15, 0.2) is 42.0 Å². The summed E-state index contributed by atoms with van der Waals surface area (Å²) in [5.74, 6) is 0. The van der Waals surface area contributed by atoms with Gasteiger partial charge < -0.3 is 5.32 Å². The fourth-order valence-corrected chi connectivity index (χ4v) is 2.25. The monoisotopic (exact) mass is 230 g/mol. The van der Waals surface area contributed by atoms with Crippen LogP contribution in [0.1, 0.15) is 18.4 Å². The minimum Gasteiger partial charge on any atom is -0.319 e. The highest BCUT2D eigenvalue weighted by atomic mass is 15.1. The number of hydrogen-bond acceptors (Lipinski definition) is 2. The zero-order chi connectivity index (χ0) is 11.9. The summed E-state index contributed by atoms with van der Waals surface area (Å²) in [5.41, 5.74) is 3.03. The van der Waals surface area contributed by atoms with Crippen molar-refractivity contribution in [3.05, 3.63) is 47.5 Å². The molecule has 0 radical (unpaired) electrons. The van der Waals surface area contributed by atoms with E-state index < -0.39 is 0 Å². The van der Waals surface area contributed by atoms with Crippen LogP contribution >= 0.6 is 0 Å². The van der Waals surface area contributed by atoms with E-state index in [0.29, 0.717) is 0 Å². The molecule has 92 valence electrons. The molecule has 0 atom stereocenters. The van der Waals surface area contributed by atoms with Crippen molar-refractivity contribution < 1.29 is 0 Å². The number of hydrogen-bond donors (Lipinski definition) is 1.